The Labute approximate surface area is 161 Å². The Bertz CT molecular complexity index is 1260. The molecule has 0 saturated heterocycles. The number of benzene rings is 2. The number of fused-ring (bicyclic) bond motifs is 2. The van der Waals surface area contributed by atoms with Crippen molar-refractivity contribution >= 4 is 34.4 Å². The number of aryl methyl sites for hydroxylation is 1. The van der Waals surface area contributed by atoms with Crippen LogP contribution in [0.5, 0.6) is 0 Å². The fraction of sp³-hybridized carbons (Fsp3) is 0.0909. The van der Waals surface area contributed by atoms with Crippen LogP contribution < -0.4 is 5.32 Å². The summed E-state index contributed by atoms with van der Waals surface area (Å²) in [4.78, 5) is 21.3. The lowest BCUT2D eigenvalue weighted by atomic mass is 10.0. The van der Waals surface area contributed by atoms with Crippen LogP contribution in [0.2, 0.25) is 0 Å². The van der Waals surface area contributed by atoms with Gasteiger partial charge in [0.05, 0.1) is 11.9 Å². The molecule has 0 unspecified atom stereocenters. The average molecular weight is 367 g/mol. The Hall–Kier alpha value is -3.80. The molecule has 2 aromatic heterocycles. The molecule has 6 nitrogen and oxygen atoms in total. The lowest BCUT2D eigenvalue weighted by Crippen LogP contribution is -2.13. The van der Waals surface area contributed by atoms with Gasteiger partial charge in [0, 0.05) is 48.6 Å². The van der Waals surface area contributed by atoms with Crippen LogP contribution in [0, 0.1) is 0 Å². The van der Waals surface area contributed by atoms with E-state index in [9.17, 15) is 4.79 Å². The van der Waals surface area contributed by atoms with E-state index in [1.165, 1.54) is 0 Å². The molecule has 1 aliphatic rings. The van der Waals surface area contributed by atoms with Gasteiger partial charge in [-0.2, -0.15) is 5.10 Å². The Kier molecular flexibility index (Phi) is 3.76. The van der Waals surface area contributed by atoms with E-state index in [-0.39, 0.29) is 5.91 Å². The van der Waals surface area contributed by atoms with Crippen LogP contribution in [-0.4, -0.2) is 26.9 Å². The monoisotopic (exact) mass is 367 g/mol. The van der Waals surface area contributed by atoms with Gasteiger partial charge in [-0.1, -0.05) is 12.1 Å². The largest absolute Gasteiger partial charge is 0.307 e. The Morgan fingerprint density at radius 3 is 2.82 bits per heavy atom. The molecule has 0 aliphatic carbocycles. The van der Waals surface area contributed by atoms with Gasteiger partial charge in [-0.15, -0.1) is 0 Å². The topological polar surface area (TPSA) is 72.2 Å². The van der Waals surface area contributed by atoms with Crippen molar-refractivity contribution in [2.24, 2.45) is 12.0 Å². The normalized spacial score (nSPS) is 12.3. The molecule has 1 amide bonds. The van der Waals surface area contributed by atoms with Crippen molar-refractivity contribution in [1.29, 1.82) is 0 Å². The maximum atomic E-state index is 12.6. The molecule has 0 fully saturated rings. The summed E-state index contributed by atoms with van der Waals surface area (Å²) in [5.74, 6) is 0.350. The molecular weight excluding hydrogens is 350 g/mol. The van der Waals surface area contributed by atoms with Gasteiger partial charge in [0.1, 0.15) is 5.82 Å². The van der Waals surface area contributed by atoms with E-state index in [1.54, 1.807) is 16.9 Å². The Balaban J connectivity index is 1.43. The van der Waals surface area contributed by atoms with Gasteiger partial charge in [-0.25, -0.2) is 4.98 Å². The zero-order valence-electron chi connectivity index (χ0n) is 15.3. The number of hydrogen-bond donors (Lipinski definition) is 1. The molecule has 3 heterocycles. The van der Waals surface area contributed by atoms with Crippen LogP contribution in [-0.2, 0) is 13.5 Å². The number of nitrogens with one attached hydrogen (secondary N) is 1. The van der Waals surface area contributed by atoms with Crippen LogP contribution >= 0.6 is 0 Å². The van der Waals surface area contributed by atoms with Crippen molar-refractivity contribution in [3.63, 3.8) is 0 Å². The van der Waals surface area contributed by atoms with Crippen LogP contribution in [0.1, 0.15) is 15.9 Å². The lowest BCUT2D eigenvalue weighted by molar-refractivity contribution is 0.102. The summed E-state index contributed by atoms with van der Waals surface area (Å²) in [6.45, 7) is 0. The van der Waals surface area contributed by atoms with Gasteiger partial charge in [-0.05, 0) is 46.8 Å². The molecule has 28 heavy (non-hydrogen) atoms. The van der Waals surface area contributed by atoms with Crippen LogP contribution in [0.15, 0.2) is 66.0 Å². The van der Waals surface area contributed by atoms with Crippen molar-refractivity contribution in [2.75, 3.05) is 5.32 Å². The van der Waals surface area contributed by atoms with Crippen LogP contribution in [0.4, 0.5) is 11.5 Å². The SMILES string of the molecule is Cn1cc(-c2ccc3cnc(NC(=O)c4ccc5c(c4)CC=N5)cc3c2)cn1. The van der Waals surface area contributed by atoms with Crippen molar-refractivity contribution in [3.05, 3.63) is 72.2 Å². The first-order valence-corrected chi connectivity index (χ1v) is 9.01. The van der Waals surface area contributed by atoms with E-state index in [0.29, 0.717) is 11.4 Å². The van der Waals surface area contributed by atoms with E-state index >= 15 is 0 Å². The molecule has 6 heteroatoms. The number of aliphatic imine (C=N–C) groups is 1. The molecule has 5 rings (SSSR count). The minimum Gasteiger partial charge on any atom is -0.307 e. The maximum Gasteiger partial charge on any atom is 0.256 e. The molecule has 0 radical (unpaired) electrons. The van der Waals surface area contributed by atoms with E-state index in [0.717, 1.165) is 39.6 Å². The third-order valence-electron chi connectivity index (χ3n) is 4.88. The first-order chi connectivity index (χ1) is 13.7. The minimum absolute atomic E-state index is 0.176. The molecular formula is C22H17N5O. The van der Waals surface area contributed by atoms with Crippen molar-refractivity contribution in [1.82, 2.24) is 14.8 Å². The van der Waals surface area contributed by atoms with Gasteiger partial charge in [0.15, 0.2) is 0 Å². The number of aromatic nitrogens is 3. The molecule has 0 spiro atoms. The third kappa shape index (κ3) is 2.95. The molecule has 0 atom stereocenters. The minimum atomic E-state index is -0.176. The number of pyridine rings is 1. The zero-order valence-corrected chi connectivity index (χ0v) is 15.3. The predicted octanol–water partition coefficient (Wildman–Crippen LogP) is 4.15. The lowest BCUT2D eigenvalue weighted by Gasteiger charge is -2.08. The summed E-state index contributed by atoms with van der Waals surface area (Å²) in [5.41, 5.74) is 4.73. The summed E-state index contributed by atoms with van der Waals surface area (Å²) in [6, 6.07) is 13.6. The molecule has 1 aliphatic heterocycles. The van der Waals surface area contributed by atoms with E-state index in [1.807, 2.05) is 56.0 Å². The number of hydrogen-bond acceptors (Lipinski definition) is 4. The summed E-state index contributed by atoms with van der Waals surface area (Å²) >= 11 is 0. The number of carbonyl (C=O) groups excluding carboxylic acids is 1. The first-order valence-electron chi connectivity index (χ1n) is 9.01. The number of carbonyl (C=O) groups is 1. The maximum absolute atomic E-state index is 12.6. The van der Waals surface area contributed by atoms with Gasteiger partial charge in [-0.3, -0.25) is 14.5 Å². The summed E-state index contributed by atoms with van der Waals surface area (Å²) in [6.07, 6.45) is 8.21. The highest BCUT2D eigenvalue weighted by Crippen LogP contribution is 2.27. The number of rotatable bonds is 3. The van der Waals surface area contributed by atoms with E-state index < -0.39 is 0 Å². The molecule has 1 N–H and O–H groups in total. The quantitative estimate of drug-likeness (QED) is 0.591. The summed E-state index contributed by atoms with van der Waals surface area (Å²) < 4.78 is 1.78. The highest BCUT2D eigenvalue weighted by Gasteiger charge is 2.12. The average Bonchev–Trinajstić information content (AvgIpc) is 3.35. The number of nitrogens with zero attached hydrogens (tertiary/aromatic N) is 4. The summed E-state index contributed by atoms with van der Waals surface area (Å²) in [5, 5.41) is 9.15. The van der Waals surface area contributed by atoms with Crippen molar-refractivity contribution in [3.8, 4) is 11.1 Å². The third-order valence-corrected chi connectivity index (χ3v) is 4.88. The van der Waals surface area contributed by atoms with Gasteiger partial charge in [0.2, 0.25) is 0 Å². The Morgan fingerprint density at radius 1 is 1.04 bits per heavy atom. The van der Waals surface area contributed by atoms with Gasteiger partial charge >= 0.3 is 0 Å². The fourth-order valence-corrected chi connectivity index (χ4v) is 3.41. The first kappa shape index (κ1) is 16.4. The van der Waals surface area contributed by atoms with Crippen LogP contribution in [0.25, 0.3) is 21.9 Å². The van der Waals surface area contributed by atoms with Crippen LogP contribution in [0.3, 0.4) is 0 Å². The second-order valence-corrected chi connectivity index (χ2v) is 6.85. The second-order valence-electron chi connectivity index (χ2n) is 6.85. The standard InChI is InChI=1S/C22H17N5O/c1-27-13-19(12-25-27)14-2-3-17-11-24-21(10-18(17)8-14)26-22(28)16-4-5-20-15(9-16)6-7-23-20/h2-5,7-13H,6H2,1H3,(H,24,26,28). The van der Waals surface area contributed by atoms with Gasteiger partial charge < -0.3 is 5.32 Å². The second kappa shape index (κ2) is 6.42. The molecule has 2 aromatic carbocycles. The fourth-order valence-electron chi connectivity index (χ4n) is 3.41. The molecule has 0 saturated carbocycles. The smallest absolute Gasteiger partial charge is 0.256 e. The molecule has 4 aromatic rings. The molecule has 0 bridgehead atoms. The summed E-state index contributed by atoms with van der Waals surface area (Å²) in [7, 11) is 1.90. The highest BCUT2D eigenvalue weighted by molar-refractivity contribution is 6.05. The predicted molar refractivity (Wildman–Crippen MR) is 110 cm³/mol. The zero-order chi connectivity index (χ0) is 19.1. The van der Waals surface area contributed by atoms with Crippen molar-refractivity contribution < 1.29 is 4.79 Å². The van der Waals surface area contributed by atoms with E-state index in [4.69, 9.17) is 0 Å². The highest BCUT2D eigenvalue weighted by atomic mass is 16.1. The Morgan fingerprint density at radius 2 is 1.96 bits per heavy atom. The van der Waals surface area contributed by atoms with Gasteiger partial charge in [0.25, 0.3) is 5.91 Å². The number of amides is 1. The van der Waals surface area contributed by atoms with E-state index in [2.05, 4.69) is 26.5 Å². The van der Waals surface area contributed by atoms with Crippen molar-refractivity contribution in [2.45, 2.75) is 6.42 Å². The number of anilines is 1. The molecule has 136 valence electrons.